The van der Waals surface area contributed by atoms with Crippen molar-refractivity contribution in [2.75, 3.05) is 26.2 Å². The van der Waals surface area contributed by atoms with E-state index in [4.69, 9.17) is 14.2 Å². The molecule has 0 spiro atoms. The Morgan fingerprint density at radius 3 is 2.21 bits per heavy atom. The molecule has 3 aromatic rings. The minimum Gasteiger partial charge on any atom is -0.497 e. The molecule has 2 fully saturated rings. The molecule has 3 aliphatic rings. The molecule has 0 aliphatic carbocycles. The summed E-state index contributed by atoms with van der Waals surface area (Å²) >= 11 is 0. The lowest BCUT2D eigenvalue weighted by Crippen LogP contribution is -2.44. The Bertz CT molecular complexity index is 1480. The molecule has 2 saturated heterocycles. The van der Waals surface area contributed by atoms with Gasteiger partial charge in [-0.3, -0.25) is 19.4 Å². The van der Waals surface area contributed by atoms with E-state index >= 15 is 0 Å². The minimum absolute atomic E-state index is 0.286. The fourth-order valence-electron chi connectivity index (χ4n) is 5.80. The van der Waals surface area contributed by atoms with Crippen molar-refractivity contribution in [2.45, 2.75) is 12.1 Å². The highest BCUT2D eigenvalue weighted by atomic mass is 16.5. The van der Waals surface area contributed by atoms with E-state index in [0.717, 1.165) is 16.0 Å². The van der Waals surface area contributed by atoms with Gasteiger partial charge in [0.05, 0.1) is 51.1 Å². The van der Waals surface area contributed by atoms with Crippen molar-refractivity contribution < 1.29 is 28.6 Å². The number of ketones is 1. The number of rotatable bonds is 6. The number of carbonyl (C=O) groups excluding carboxylic acids is 3. The first-order valence-corrected chi connectivity index (χ1v) is 12.2. The Kier molecular flexibility index (Phi) is 5.63. The fraction of sp³-hybridized carbons (Fsp3) is 0.241. The van der Waals surface area contributed by atoms with Crippen LogP contribution in [0.15, 0.2) is 71.8 Å². The van der Waals surface area contributed by atoms with Gasteiger partial charge in [0.1, 0.15) is 23.3 Å². The molecule has 0 aromatic heterocycles. The Morgan fingerprint density at radius 1 is 0.816 bits per heavy atom. The maximum Gasteiger partial charge on any atom is 0.240 e. The van der Waals surface area contributed by atoms with Gasteiger partial charge in [-0.25, -0.2) is 4.90 Å². The lowest BCUT2D eigenvalue weighted by atomic mass is 9.83. The summed E-state index contributed by atoms with van der Waals surface area (Å²) in [6, 6.07) is 17.7. The number of hydrazone groups is 1. The first-order chi connectivity index (χ1) is 18.5. The number of amides is 2. The third kappa shape index (κ3) is 3.38. The van der Waals surface area contributed by atoms with Gasteiger partial charge >= 0.3 is 0 Å². The Balaban J connectivity index is 1.48. The summed E-state index contributed by atoms with van der Waals surface area (Å²) in [4.78, 5) is 43.3. The third-order valence-corrected chi connectivity index (χ3v) is 7.56. The van der Waals surface area contributed by atoms with E-state index in [2.05, 4.69) is 5.10 Å². The number of hydrogen-bond acceptors (Lipinski definition) is 8. The van der Waals surface area contributed by atoms with Crippen LogP contribution in [0.1, 0.15) is 27.5 Å². The number of ether oxygens (including phenoxy) is 3. The van der Waals surface area contributed by atoms with Crippen LogP contribution in [0.4, 0.5) is 5.69 Å². The second kappa shape index (κ2) is 9.02. The van der Waals surface area contributed by atoms with Crippen LogP contribution in [0.2, 0.25) is 0 Å². The topological polar surface area (TPSA) is 97.7 Å². The zero-order valence-electron chi connectivity index (χ0n) is 21.0. The van der Waals surface area contributed by atoms with E-state index in [0.29, 0.717) is 28.5 Å². The highest BCUT2D eigenvalue weighted by Crippen LogP contribution is 2.54. The van der Waals surface area contributed by atoms with E-state index in [1.54, 1.807) is 60.8 Å². The SMILES string of the molecule is COc1ccc(C(=O)[C@H]2[C@H]3C(=O)N(c4ccc(OC)cc4OC)C(=O)[C@H]3[C@@H]3c4ccccc4C=NN23)cc1. The molecule has 3 aromatic carbocycles. The van der Waals surface area contributed by atoms with E-state index in [9.17, 15) is 14.4 Å². The summed E-state index contributed by atoms with van der Waals surface area (Å²) in [6.45, 7) is 0. The van der Waals surface area contributed by atoms with Crippen LogP contribution in [0, 0.1) is 11.8 Å². The monoisotopic (exact) mass is 511 g/mol. The van der Waals surface area contributed by atoms with Crippen molar-refractivity contribution in [3.8, 4) is 17.2 Å². The average molecular weight is 512 g/mol. The Labute approximate surface area is 219 Å². The van der Waals surface area contributed by atoms with Crippen molar-refractivity contribution >= 4 is 29.5 Å². The predicted octanol–water partition coefficient (Wildman–Crippen LogP) is 3.47. The molecule has 0 radical (unpaired) electrons. The lowest BCUT2D eigenvalue weighted by Gasteiger charge is -2.34. The third-order valence-electron chi connectivity index (χ3n) is 7.56. The molecule has 9 nitrogen and oxygen atoms in total. The van der Waals surface area contributed by atoms with Crippen molar-refractivity contribution in [1.82, 2.24) is 5.01 Å². The molecule has 3 heterocycles. The molecule has 6 rings (SSSR count). The summed E-state index contributed by atoms with van der Waals surface area (Å²) in [5.41, 5.74) is 2.43. The van der Waals surface area contributed by atoms with Gasteiger partial charge in [0.25, 0.3) is 0 Å². The molecular formula is C29H25N3O6. The van der Waals surface area contributed by atoms with Crippen molar-refractivity contribution in [3.63, 3.8) is 0 Å². The van der Waals surface area contributed by atoms with Crippen molar-refractivity contribution in [1.29, 1.82) is 0 Å². The van der Waals surface area contributed by atoms with Crippen LogP contribution in [0.25, 0.3) is 0 Å². The Hall–Kier alpha value is -4.66. The zero-order valence-corrected chi connectivity index (χ0v) is 21.0. The number of fused-ring (bicyclic) bond motifs is 5. The van der Waals surface area contributed by atoms with Crippen LogP contribution < -0.4 is 19.1 Å². The molecular weight excluding hydrogens is 486 g/mol. The maximum atomic E-state index is 14.1. The maximum absolute atomic E-state index is 14.1. The summed E-state index contributed by atoms with van der Waals surface area (Å²) in [6.07, 6.45) is 1.68. The highest BCUT2D eigenvalue weighted by molar-refractivity contribution is 6.25. The largest absolute Gasteiger partial charge is 0.497 e. The lowest BCUT2D eigenvalue weighted by molar-refractivity contribution is -0.124. The highest BCUT2D eigenvalue weighted by Gasteiger charge is 2.65. The van der Waals surface area contributed by atoms with E-state index in [1.807, 2.05) is 24.3 Å². The number of carbonyl (C=O) groups is 3. The van der Waals surface area contributed by atoms with Crippen LogP contribution in [0.3, 0.4) is 0 Å². The number of hydrogen-bond donors (Lipinski definition) is 0. The average Bonchev–Trinajstić information content (AvgIpc) is 3.44. The van der Waals surface area contributed by atoms with Gasteiger partial charge in [0, 0.05) is 11.6 Å². The van der Waals surface area contributed by atoms with Crippen LogP contribution in [0.5, 0.6) is 17.2 Å². The normalized spacial score (nSPS) is 23.1. The number of methoxy groups -OCH3 is 3. The number of Topliss-reactive ketones (excluding diaryl/α,β-unsaturated/α-hetero) is 1. The second-order valence-corrected chi connectivity index (χ2v) is 9.34. The van der Waals surface area contributed by atoms with Gasteiger partial charge in [-0.05, 0) is 47.5 Å². The molecule has 0 bridgehead atoms. The van der Waals surface area contributed by atoms with Gasteiger partial charge in [-0.15, -0.1) is 0 Å². The zero-order chi connectivity index (χ0) is 26.6. The van der Waals surface area contributed by atoms with Gasteiger partial charge in [-0.2, -0.15) is 5.10 Å². The predicted molar refractivity (Wildman–Crippen MR) is 139 cm³/mol. The van der Waals surface area contributed by atoms with Crippen LogP contribution >= 0.6 is 0 Å². The minimum atomic E-state index is -0.964. The first kappa shape index (κ1) is 23.7. The van der Waals surface area contributed by atoms with E-state index < -0.39 is 35.7 Å². The molecule has 38 heavy (non-hydrogen) atoms. The standard InChI is InChI=1S/C29H25N3O6/c1-36-18-10-8-16(9-11-18)27(33)26-24-23(25-20-7-5-4-6-17(20)15-30-32(25)26)28(34)31(29(24)35)21-13-12-19(37-2)14-22(21)38-3/h4-15,23-26H,1-3H3/t23-,24+,25+,26-/m1/s1. The van der Waals surface area contributed by atoms with Crippen molar-refractivity contribution in [3.05, 3.63) is 83.4 Å². The fourth-order valence-corrected chi connectivity index (χ4v) is 5.80. The number of benzene rings is 3. The van der Waals surface area contributed by atoms with Gasteiger partial charge in [0.15, 0.2) is 5.78 Å². The molecule has 2 amide bonds. The molecule has 192 valence electrons. The number of nitrogens with zero attached hydrogens (tertiary/aromatic N) is 3. The van der Waals surface area contributed by atoms with Gasteiger partial charge < -0.3 is 14.2 Å². The summed E-state index contributed by atoms with van der Waals surface area (Å²) in [5.74, 6) is -1.42. The van der Waals surface area contributed by atoms with Crippen molar-refractivity contribution in [2.24, 2.45) is 16.9 Å². The van der Waals surface area contributed by atoms with E-state index in [-0.39, 0.29) is 5.78 Å². The summed E-state index contributed by atoms with van der Waals surface area (Å²) < 4.78 is 16.0. The molecule has 0 saturated carbocycles. The molecule has 0 N–H and O–H groups in total. The summed E-state index contributed by atoms with van der Waals surface area (Å²) in [7, 11) is 4.54. The number of anilines is 1. The first-order valence-electron chi connectivity index (χ1n) is 12.2. The molecule has 3 aliphatic heterocycles. The number of imide groups is 1. The van der Waals surface area contributed by atoms with Crippen LogP contribution in [-0.4, -0.2) is 56.2 Å². The van der Waals surface area contributed by atoms with Crippen LogP contribution in [-0.2, 0) is 9.59 Å². The molecule has 0 unspecified atom stereocenters. The smallest absolute Gasteiger partial charge is 0.240 e. The molecule has 9 heteroatoms. The van der Waals surface area contributed by atoms with Gasteiger partial charge in [0.2, 0.25) is 11.8 Å². The van der Waals surface area contributed by atoms with Gasteiger partial charge in [-0.1, -0.05) is 24.3 Å². The Morgan fingerprint density at radius 2 is 1.50 bits per heavy atom. The van der Waals surface area contributed by atoms with E-state index in [1.165, 1.54) is 14.2 Å². The second-order valence-electron chi connectivity index (χ2n) is 9.34. The summed E-state index contributed by atoms with van der Waals surface area (Å²) in [5, 5.41) is 6.24. The quantitative estimate of drug-likeness (QED) is 0.369. The molecule has 4 atom stereocenters.